The molecule has 3 N–H and O–H groups in total. The molecule has 0 radical (unpaired) electrons. The van der Waals surface area contributed by atoms with E-state index in [9.17, 15) is 8.42 Å². The summed E-state index contributed by atoms with van der Waals surface area (Å²) in [5.74, 6) is 2.47. The maximum absolute atomic E-state index is 11.1. The lowest BCUT2D eigenvalue weighted by molar-refractivity contribution is 0.406. The number of nitrogens with two attached hydrogens (primary N) is 1. The first kappa shape index (κ1) is 10.2. The van der Waals surface area contributed by atoms with Crippen molar-refractivity contribution in [3.63, 3.8) is 0 Å². The van der Waals surface area contributed by atoms with Gasteiger partial charge in [-0.25, -0.2) is 18.5 Å². The van der Waals surface area contributed by atoms with Crippen molar-refractivity contribution in [3.8, 4) is 0 Å². The average molecular weight is 242 g/mol. The second-order valence-electron chi connectivity index (χ2n) is 4.83. The fraction of sp³-hybridized carbons (Fsp3) is 0.778. The third kappa shape index (κ3) is 1.54. The quantitative estimate of drug-likeness (QED) is 0.781. The van der Waals surface area contributed by atoms with E-state index in [1.807, 2.05) is 0 Å². The van der Waals surface area contributed by atoms with Crippen LogP contribution in [0.4, 0.5) is 0 Å². The molecule has 0 aromatic carbocycles. The summed E-state index contributed by atoms with van der Waals surface area (Å²) in [5, 5.41) is 11.1. The van der Waals surface area contributed by atoms with Crippen molar-refractivity contribution < 1.29 is 8.42 Å². The third-order valence-corrected chi connectivity index (χ3v) is 4.52. The first-order valence-electron chi connectivity index (χ1n) is 5.49. The average Bonchev–Trinajstić information content (AvgIpc) is 2.92. The van der Waals surface area contributed by atoms with Crippen molar-refractivity contribution in [3.05, 3.63) is 5.82 Å². The van der Waals surface area contributed by atoms with Gasteiger partial charge in [0.15, 0.2) is 0 Å². The molecule has 1 aromatic heterocycles. The number of rotatable bonds is 2. The van der Waals surface area contributed by atoms with Gasteiger partial charge in [0.25, 0.3) is 15.2 Å². The maximum atomic E-state index is 11.1. The van der Waals surface area contributed by atoms with E-state index in [0.717, 1.165) is 12.3 Å². The normalized spacial score (nSPS) is 33.4. The minimum absolute atomic E-state index is 0.287. The number of fused-ring (bicyclic) bond motifs is 2. The molecule has 3 unspecified atom stereocenters. The zero-order valence-electron chi connectivity index (χ0n) is 8.76. The Bertz CT molecular complexity index is 509. The molecule has 16 heavy (non-hydrogen) atoms. The van der Waals surface area contributed by atoms with Crippen LogP contribution in [0.15, 0.2) is 5.16 Å². The number of nitrogens with one attached hydrogen (secondary N) is 1. The van der Waals surface area contributed by atoms with Crippen molar-refractivity contribution in [2.75, 3.05) is 0 Å². The zero-order chi connectivity index (χ0) is 11.3. The minimum atomic E-state index is -3.78. The molecule has 7 heteroatoms. The molecule has 3 rings (SSSR count). The SMILES string of the molecule is NS(=O)(=O)c1n[nH]c(C2CC3CCC2C3)n1. The van der Waals surface area contributed by atoms with Gasteiger partial charge in [-0.3, -0.25) is 5.10 Å². The molecule has 0 amide bonds. The Balaban J connectivity index is 1.88. The summed E-state index contributed by atoms with van der Waals surface area (Å²) in [6.45, 7) is 0. The number of nitrogens with zero attached hydrogens (tertiary/aromatic N) is 2. The van der Waals surface area contributed by atoms with Crippen LogP contribution >= 0.6 is 0 Å². The highest BCUT2D eigenvalue weighted by atomic mass is 32.2. The molecule has 2 aliphatic rings. The minimum Gasteiger partial charge on any atom is -0.262 e. The number of sulfonamides is 1. The maximum Gasteiger partial charge on any atom is 0.282 e. The Morgan fingerprint density at radius 2 is 2.12 bits per heavy atom. The highest BCUT2D eigenvalue weighted by molar-refractivity contribution is 7.89. The van der Waals surface area contributed by atoms with Crippen molar-refractivity contribution in [2.45, 2.75) is 36.8 Å². The van der Waals surface area contributed by atoms with Crippen LogP contribution in [0, 0.1) is 11.8 Å². The van der Waals surface area contributed by atoms with Crippen molar-refractivity contribution in [1.29, 1.82) is 0 Å². The van der Waals surface area contributed by atoms with Gasteiger partial charge < -0.3 is 0 Å². The molecule has 2 aliphatic carbocycles. The van der Waals surface area contributed by atoms with Crippen LogP contribution in [0.3, 0.4) is 0 Å². The first-order chi connectivity index (χ1) is 7.54. The lowest BCUT2D eigenvalue weighted by Gasteiger charge is -2.18. The van der Waals surface area contributed by atoms with Crippen LogP contribution in [0.2, 0.25) is 0 Å². The molecule has 1 heterocycles. The smallest absolute Gasteiger partial charge is 0.262 e. The number of aromatic amines is 1. The van der Waals surface area contributed by atoms with Crippen LogP contribution < -0.4 is 5.14 Å². The van der Waals surface area contributed by atoms with Crippen LogP contribution in [-0.2, 0) is 10.0 Å². The molecule has 88 valence electrons. The molecule has 0 aliphatic heterocycles. The van der Waals surface area contributed by atoms with Gasteiger partial charge in [0.05, 0.1) is 0 Å². The van der Waals surface area contributed by atoms with Gasteiger partial charge in [0, 0.05) is 5.92 Å². The lowest BCUT2D eigenvalue weighted by atomic mass is 9.88. The molecule has 3 atom stereocenters. The van der Waals surface area contributed by atoms with E-state index >= 15 is 0 Å². The molecule has 1 aromatic rings. The number of primary sulfonamides is 1. The highest BCUT2D eigenvalue weighted by Crippen LogP contribution is 2.52. The second kappa shape index (κ2) is 3.27. The summed E-state index contributed by atoms with van der Waals surface area (Å²) >= 11 is 0. The molecule has 2 saturated carbocycles. The summed E-state index contributed by atoms with van der Waals surface area (Å²) in [5.41, 5.74) is 0. The van der Waals surface area contributed by atoms with Gasteiger partial charge in [0.2, 0.25) is 0 Å². The molecule has 6 nitrogen and oxygen atoms in total. The summed E-state index contributed by atoms with van der Waals surface area (Å²) in [6.07, 6.45) is 4.87. The van der Waals surface area contributed by atoms with Crippen LogP contribution in [0.1, 0.15) is 37.4 Å². The monoisotopic (exact) mass is 242 g/mol. The van der Waals surface area contributed by atoms with E-state index in [2.05, 4.69) is 15.2 Å². The van der Waals surface area contributed by atoms with E-state index in [0.29, 0.717) is 17.7 Å². The van der Waals surface area contributed by atoms with Gasteiger partial charge in [-0.05, 0) is 31.1 Å². The molecule has 0 spiro atoms. The second-order valence-corrected chi connectivity index (χ2v) is 6.28. The number of hydrogen-bond acceptors (Lipinski definition) is 4. The van der Waals surface area contributed by atoms with Crippen molar-refractivity contribution in [1.82, 2.24) is 15.2 Å². The number of H-pyrrole nitrogens is 1. The molecule has 2 bridgehead atoms. The Morgan fingerprint density at radius 3 is 2.62 bits per heavy atom. The summed E-state index contributed by atoms with van der Waals surface area (Å²) in [7, 11) is -3.78. The Morgan fingerprint density at radius 1 is 1.31 bits per heavy atom. The van der Waals surface area contributed by atoms with Gasteiger partial charge in [-0.15, -0.1) is 5.10 Å². The first-order valence-corrected chi connectivity index (χ1v) is 7.04. The van der Waals surface area contributed by atoms with E-state index in [1.165, 1.54) is 19.3 Å². The van der Waals surface area contributed by atoms with Gasteiger partial charge in [-0.1, -0.05) is 6.42 Å². The Kier molecular flexibility index (Phi) is 2.09. The Hall–Kier alpha value is -0.950. The van der Waals surface area contributed by atoms with Crippen LogP contribution in [0.5, 0.6) is 0 Å². The molecule has 2 fully saturated rings. The largest absolute Gasteiger partial charge is 0.282 e. The van der Waals surface area contributed by atoms with Gasteiger partial charge in [0.1, 0.15) is 5.82 Å². The predicted molar refractivity (Wildman–Crippen MR) is 55.9 cm³/mol. The highest BCUT2D eigenvalue weighted by Gasteiger charge is 2.41. The van der Waals surface area contributed by atoms with Crippen LogP contribution in [0.25, 0.3) is 0 Å². The standard InChI is InChI=1S/C9H14N4O2S/c10-16(14,15)9-11-8(12-13-9)7-4-5-1-2-6(7)3-5/h5-7H,1-4H2,(H2,10,14,15)(H,11,12,13). The van der Waals surface area contributed by atoms with Crippen molar-refractivity contribution in [2.24, 2.45) is 17.0 Å². The summed E-state index contributed by atoms with van der Waals surface area (Å²) < 4.78 is 22.1. The molecule has 0 saturated heterocycles. The summed E-state index contributed by atoms with van der Waals surface area (Å²) in [4.78, 5) is 4.00. The Labute approximate surface area is 93.7 Å². The zero-order valence-corrected chi connectivity index (χ0v) is 9.57. The summed E-state index contributed by atoms with van der Waals surface area (Å²) in [6, 6.07) is 0. The van der Waals surface area contributed by atoms with E-state index < -0.39 is 10.0 Å². The number of aromatic nitrogens is 3. The van der Waals surface area contributed by atoms with E-state index in [-0.39, 0.29) is 5.16 Å². The van der Waals surface area contributed by atoms with Gasteiger partial charge >= 0.3 is 0 Å². The predicted octanol–water partition coefficient (Wildman–Crippen LogP) is 0.356. The van der Waals surface area contributed by atoms with Crippen LogP contribution in [-0.4, -0.2) is 23.6 Å². The van der Waals surface area contributed by atoms with E-state index in [4.69, 9.17) is 5.14 Å². The third-order valence-electron chi connectivity index (χ3n) is 3.83. The van der Waals surface area contributed by atoms with Gasteiger partial charge in [-0.2, -0.15) is 0 Å². The topological polar surface area (TPSA) is 102 Å². The van der Waals surface area contributed by atoms with E-state index in [1.54, 1.807) is 0 Å². The molecular weight excluding hydrogens is 228 g/mol. The fourth-order valence-corrected chi connectivity index (χ4v) is 3.53. The lowest BCUT2D eigenvalue weighted by Crippen LogP contribution is -2.14. The number of hydrogen-bond donors (Lipinski definition) is 2. The fourth-order valence-electron chi connectivity index (χ4n) is 3.13. The van der Waals surface area contributed by atoms with Crippen molar-refractivity contribution >= 4 is 10.0 Å². The molecular formula is C9H14N4O2S.